The minimum atomic E-state index is -0.263. The van der Waals surface area contributed by atoms with Gasteiger partial charge in [-0.15, -0.1) is 0 Å². The summed E-state index contributed by atoms with van der Waals surface area (Å²) < 4.78 is 16.4. The van der Waals surface area contributed by atoms with E-state index in [-0.39, 0.29) is 6.29 Å². The maximum atomic E-state index is 5.51. The fourth-order valence-electron chi connectivity index (χ4n) is 1.90. The Labute approximate surface area is 93.6 Å². The standard InChI is InChI=1S/C13H12O3/c1-2-5-11(13-15-8-9-16-13)10(4-1)12-6-3-7-14-12/h1-7,13H,8-9H2. The summed E-state index contributed by atoms with van der Waals surface area (Å²) in [4.78, 5) is 0. The first kappa shape index (κ1) is 9.63. The molecule has 0 bridgehead atoms. The Morgan fingerprint density at radius 1 is 0.938 bits per heavy atom. The molecule has 0 spiro atoms. The molecule has 1 saturated heterocycles. The Hall–Kier alpha value is -1.58. The van der Waals surface area contributed by atoms with Crippen LogP contribution in [0.4, 0.5) is 0 Å². The first-order valence-corrected chi connectivity index (χ1v) is 5.31. The summed E-state index contributed by atoms with van der Waals surface area (Å²) in [5, 5.41) is 0. The Bertz CT molecular complexity index is 456. The molecule has 0 saturated carbocycles. The fourth-order valence-corrected chi connectivity index (χ4v) is 1.90. The molecule has 0 unspecified atom stereocenters. The van der Waals surface area contributed by atoms with Crippen LogP contribution in [0.15, 0.2) is 47.1 Å². The first-order chi connectivity index (χ1) is 7.95. The van der Waals surface area contributed by atoms with E-state index in [1.165, 1.54) is 0 Å². The molecule has 3 heteroatoms. The van der Waals surface area contributed by atoms with E-state index in [2.05, 4.69) is 0 Å². The predicted octanol–water partition coefficient (Wildman–Crippen LogP) is 2.99. The van der Waals surface area contributed by atoms with Crippen molar-refractivity contribution in [3.8, 4) is 11.3 Å². The number of hydrogen-bond acceptors (Lipinski definition) is 3. The zero-order valence-corrected chi connectivity index (χ0v) is 8.76. The van der Waals surface area contributed by atoms with Crippen molar-refractivity contribution < 1.29 is 13.9 Å². The van der Waals surface area contributed by atoms with Crippen LogP contribution in [0, 0.1) is 0 Å². The van der Waals surface area contributed by atoms with Crippen LogP contribution in [0.2, 0.25) is 0 Å². The van der Waals surface area contributed by atoms with Crippen molar-refractivity contribution in [2.24, 2.45) is 0 Å². The molecular formula is C13H12O3. The molecule has 0 radical (unpaired) electrons. The lowest BCUT2D eigenvalue weighted by atomic mass is 10.1. The highest BCUT2D eigenvalue weighted by molar-refractivity contribution is 5.62. The predicted molar refractivity (Wildman–Crippen MR) is 58.8 cm³/mol. The van der Waals surface area contributed by atoms with Gasteiger partial charge in [0.25, 0.3) is 0 Å². The van der Waals surface area contributed by atoms with Crippen LogP contribution < -0.4 is 0 Å². The van der Waals surface area contributed by atoms with E-state index in [0.717, 1.165) is 16.9 Å². The van der Waals surface area contributed by atoms with Crippen LogP contribution in [-0.4, -0.2) is 13.2 Å². The van der Waals surface area contributed by atoms with Gasteiger partial charge in [0.15, 0.2) is 6.29 Å². The van der Waals surface area contributed by atoms with E-state index < -0.39 is 0 Å². The second-order valence-corrected chi connectivity index (χ2v) is 3.64. The van der Waals surface area contributed by atoms with Gasteiger partial charge in [-0.3, -0.25) is 0 Å². The van der Waals surface area contributed by atoms with Crippen molar-refractivity contribution in [2.45, 2.75) is 6.29 Å². The second-order valence-electron chi connectivity index (χ2n) is 3.64. The maximum Gasteiger partial charge on any atom is 0.184 e. The summed E-state index contributed by atoms with van der Waals surface area (Å²) in [6, 6.07) is 11.8. The van der Waals surface area contributed by atoms with E-state index >= 15 is 0 Å². The molecule has 82 valence electrons. The van der Waals surface area contributed by atoms with Crippen LogP contribution in [0.3, 0.4) is 0 Å². The number of benzene rings is 1. The van der Waals surface area contributed by atoms with Crippen LogP contribution in [0.5, 0.6) is 0 Å². The molecule has 3 rings (SSSR count). The largest absolute Gasteiger partial charge is 0.464 e. The lowest BCUT2D eigenvalue weighted by Gasteiger charge is -2.12. The molecule has 1 aliphatic heterocycles. The number of rotatable bonds is 2. The molecule has 0 aliphatic carbocycles. The monoisotopic (exact) mass is 216 g/mol. The zero-order chi connectivity index (χ0) is 10.8. The van der Waals surface area contributed by atoms with Gasteiger partial charge < -0.3 is 13.9 Å². The molecule has 2 aromatic rings. The van der Waals surface area contributed by atoms with Crippen molar-refractivity contribution >= 4 is 0 Å². The zero-order valence-electron chi connectivity index (χ0n) is 8.76. The van der Waals surface area contributed by atoms with Gasteiger partial charge in [0.2, 0.25) is 0 Å². The third-order valence-corrected chi connectivity index (χ3v) is 2.62. The highest BCUT2D eigenvalue weighted by atomic mass is 16.7. The summed E-state index contributed by atoms with van der Waals surface area (Å²) in [7, 11) is 0. The van der Waals surface area contributed by atoms with Crippen molar-refractivity contribution in [1.82, 2.24) is 0 Å². The molecule has 0 atom stereocenters. The topological polar surface area (TPSA) is 31.6 Å². The minimum absolute atomic E-state index is 0.263. The molecule has 16 heavy (non-hydrogen) atoms. The van der Waals surface area contributed by atoms with E-state index in [9.17, 15) is 0 Å². The van der Waals surface area contributed by atoms with E-state index in [1.807, 2.05) is 36.4 Å². The molecule has 1 aliphatic rings. The van der Waals surface area contributed by atoms with Gasteiger partial charge in [-0.1, -0.05) is 24.3 Å². The quantitative estimate of drug-likeness (QED) is 0.773. The second kappa shape index (κ2) is 4.12. The van der Waals surface area contributed by atoms with Crippen LogP contribution in [0.1, 0.15) is 11.9 Å². The molecule has 0 amide bonds. The molecular weight excluding hydrogens is 204 g/mol. The van der Waals surface area contributed by atoms with Crippen LogP contribution in [0.25, 0.3) is 11.3 Å². The lowest BCUT2D eigenvalue weighted by molar-refractivity contribution is -0.0437. The van der Waals surface area contributed by atoms with Crippen LogP contribution >= 0.6 is 0 Å². The van der Waals surface area contributed by atoms with Crippen molar-refractivity contribution in [1.29, 1.82) is 0 Å². The summed E-state index contributed by atoms with van der Waals surface area (Å²) in [5.74, 6) is 0.842. The molecule has 3 nitrogen and oxygen atoms in total. The van der Waals surface area contributed by atoms with Gasteiger partial charge >= 0.3 is 0 Å². The van der Waals surface area contributed by atoms with Crippen molar-refractivity contribution in [3.05, 3.63) is 48.2 Å². The van der Waals surface area contributed by atoms with Gasteiger partial charge in [0.05, 0.1) is 19.5 Å². The number of ether oxygens (including phenoxy) is 2. The van der Waals surface area contributed by atoms with Gasteiger partial charge in [-0.25, -0.2) is 0 Å². The molecule has 2 heterocycles. The molecule has 1 aromatic heterocycles. The maximum absolute atomic E-state index is 5.51. The highest BCUT2D eigenvalue weighted by Gasteiger charge is 2.22. The van der Waals surface area contributed by atoms with Crippen LogP contribution in [-0.2, 0) is 9.47 Å². The Balaban J connectivity index is 2.04. The Morgan fingerprint density at radius 3 is 2.50 bits per heavy atom. The van der Waals surface area contributed by atoms with Crippen molar-refractivity contribution in [3.63, 3.8) is 0 Å². The fraction of sp³-hybridized carbons (Fsp3) is 0.231. The third-order valence-electron chi connectivity index (χ3n) is 2.62. The third kappa shape index (κ3) is 1.64. The van der Waals surface area contributed by atoms with Gasteiger partial charge in [-0.2, -0.15) is 0 Å². The van der Waals surface area contributed by atoms with Gasteiger partial charge in [0.1, 0.15) is 5.76 Å². The number of furan rings is 1. The molecule has 1 aromatic carbocycles. The van der Waals surface area contributed by atoms with Gasteiger partial charge in [0, 0.05) is 11.1 Å². The van der Waals surface area contributed by atoms with Crippen molar-refractivity contribution in [2.75, 3.05) is 13.2 Å². The first-order valence-electron chi connectivity index (χ1n) is 5.31. The summed E-state index contributed by atoms with van der Waals surface area (Å²) in [6.45, 7) is 1.30. The minimum Gasteiger partial charge on any atom is -0.464 e. The molecule has 0 N–H and O–H groups in total. The van der Waals surface area contributed by atoms with E-state index in [1.54, 1.807) is 6.26 Å². The smallest absolute Gasteiger partial charge is 0.184 e. The average Bonchev–Trinajstić information content (AvgIpc) is 3.03. The summed E-state index contributed by atoms with van der Waals surface area (Å²) in [5.41, 5.74) is 2.05. The number of hydrogen-bond donors (Lipinski definition) is 0. The summed E-state index contributed by atoms with van der Waals surface area (Å²) >= 11 is 0. The van der Waals surface area contributed by atoms with E-state index in [4.69, 9.17) is 13.9 Å². The Morgan fingerprint density at radius 2 is 1.75 bits per heavy atom. The molecule has 1 fully saturated rings. The Kier molecular flexibility index (Phi) is 2.48. The highest BCUT2D eigenvalue weighted by Crippen LogP contribution is 2.32. The summed E-state index contributed by atoms with van der Waals surface area (Å²) in [6.07, 6.45) is 1.41. The van der Waals surface area contributed by atoms with E-state index in [0.29, 0.717) is 13.2 Å². The normalized spacial score (nSPS) is 16.8. The lowest BCUT2D eigenvalue weighted by Crippen LogP contribution is -1.99. The SMILES string of the molecule is c1coc(-c2ccccc2C2OCCO2)c1. The average molecular weight is 216 g/mol. The van der Waals surface area contributed by atoms with Gasteiger partial charge in [-0.05, 0) is 12.1 Å².